The largest absolute Gasteiger partial charge is 0.370 e. The molecule has 2 unspecified atom stereocenters. The molecule has 0 spiro atoms. The second-order valence-electron chi connectivity index (χ2n) is 5.25. The minimum Gasteiger partial charge on any atom is -0.370 e. The highest BCUT2D eigenvalue weighted by Crippen LogP contribution is 2.24. The van der Waals surface area contributed by atoms with Crippen LogP contribution in [0, 0.1) is 12.8 Å². The number of aryl methyl sites for hydroxylation is 1. The first-order valence-corrected chi connectivity index (χ1v) is 7.10. The van der Waals surface area contributed by atoms with Gasteiger partial charge >= 0.3 is 0 Å². The van der Waals surface area contributed by atoms with Gasteiger partial charge in [-0.2, -0.15) is 0 Å². The first kappa shape index (κ1) is 12.9. The molecule has 17 heavy (non-hydrogen) atoms. The number of hydrogen-bond acceptors (Lipinski definition) is 2. The zero-order chi connectivity index (χ0) is 12.4. The van der Waals surface area contributed by atoms with Gasteiger partial charge in [-0.15, -0.1) is 0 Å². The predicted molar refractivity (Wildman–Crippen MR) is 77.7 cm³/mol. The van der Waals surface area contributed by atoms with Crippen molar-refractivity contribution < 1.29 is 0 Å². The average molecular weight is 297 g/mol. The summed E-state index contributed by atoms with van der Waals surface area (Å²) in [6.07, 6.45) is 0. The fourth-order valence-electron chi connectivity index (χ4n) is 2.35. The topological polar surface area (TPSA) is 15.3 Å². The van der Waals surface area contributed by atoms with E-state index in [4.69, 9.17) is 0 Å². The summed E-state index contributed by atoms with van der Waals surface area (Å²) in [4.78, 5) is 2.49. The molecule has 0 amide bonds. The summed E-state index contributed by atoms with van der Waals surface area (Å²) in [5, 5.41) is 3.57. The molecule has 0 saturated carbocycles. The van der Waals surface area contributed by atoms with Crippen LogP contribution in [0.3, 0.4) is 0 Å². The van der Waals surface area contributed by atoms with Gasteiger partial charge in [0.05, 0.1) is 0 Å². The van der Waals surface area contributed by atoms with Crippen LogP contribution in [0.2, 0.25) is 0 Å². The lowest BCUT2D eigenvalue weighted by atomic mass is 10.1. The lowest BCUT2D eigenvalue weighted by molar-refractivity contribution is 0.525. The number of nitrogens with zero attached hydrogens (tertiary/aromatic N) is 1. The third-order valence-corrected chi connectivity index (χ3v) is 4.24. The van der Waals surface area contributed by atoms with Crippen LogP contribution in [0.4, 0.5) is 5.69 Å². The third kappa shape index (κ3) is 3.23. The molecular formula is C14H21BrN2. The van der Waals surface area contributed by atoms with Crippen LogP contribution in [0.1, 0.15) is 19.4 Å². The maximum absolute atomic E-state index is 3.57. The summed E-state index contributed by atoms with van der Waals surface area (Å²) in [5.41, 5.74) is 2.65. The molecule has 1 fully saturated rings. The van der Waals surface area contributed by atoms with Gasteiger partial charge in [-0.25, -0.2) is 0 Å². The molecular weight excluding hydrogens is 276 g/mol. The monoisotopic (exact) mass is 296 g/mol. The standard InChI is InChI=1S/C14H21BrN2/c1-10-7-16-12(3)9-17(8-10)13-4-5-14(15)11(2)6-13/h4-6,10,12,16H,7-9H2,1-3H3. The molecule has 2 nitrogen and oxygen atoms in total. The first-order valence-electron chi connectivity index (χ1n) is 6.30. The van der Waals surface area contributed by atoms with Crippen molar-refractivity contribution in [2.75, 3.05) is 24.5 Å². The molecule has 1 aromatic rings. The maximum atomic E-state index is 3.57. The summed E-state index contributed by atoms with van der Waals surface area (Å²) in [6, 6.07) is 7.19. The van der Waals surface area contributed by atoms with E-state index in [1.54, 1.807) is 0 Å². The maximum Gasteiger partial charge on any atom is 0.0370 e. The van der Waals surface area contributed by atoms with Gasteiger partial charge in [0.2, 0.25) is 0 Å². The predicted octanol–water partition coefficient (Wildman–Crippen LogP) is 3.19. The van der Waals surface area contributed by atoms with E-state index in [-0.39, 0.29) is 0 Å². The fraction of sp³-hybridized carbons (Fsp3) is 0.571. The summed E-state index contributed by atoms with van der Waals surface area (Å²) in [6.45, 7) is 10.1. The Morgan fingerprint density at radius 1 is 1.29 bits per heavy atom. The van der Waals surface area contributed by atoms with Crippen LogP contribution in [-0.2, 0) is 0 Å². The molecule has 1 aromatic carbocycles. The average Bonchev–Trinajstić information content (AvgIpc) is 2.45. The van der Waals surface area contributed by atoms with Crippen LogP contribution in [0.5, 0.6) is 0 Å². The molecule has 1 aliphatic heterocycles. The quantitative estimate of drug-likeness (QED) is 0.856. The van der Waals surface area contributed by atoms with E-state index in [0.717, 1.165) is 19.6 Å². The molecule has 0 aliphatic carbocycles. The van der Waals surface area contributed by atoms with Gasteiger partial charge in [0.1, 0.15) is 0 Å². The highest BCUT2D eigenvalue weighted by molar-refractivity contribution is 9.10. The Hall–Kier alpha value is -0.540. The second kappa shape index (κ2) is 5.40. The van der Waals surface area contributed by atoms with Crippen LogP contribution in [0.15, 0.2) is 22.7 Å². The van der Waals surface area contributed by atoms with E-state index in [2.05, 4.69) is 65.1 Å². The zero-order valence-corrected chi connectivity index (χ0v) is 12.4. The number of benzene rings is 1. The number of nitrogens with one attached hydrogen (secondary N) is 1. The van der Waals surface area contributed by atoms with E-state index in [1.807, 2.05) is 0 Å². The minimum absolute atomic E-state index is 0.559. The molecule has 1 aliphatic rings. The SMILES string of the molecule is Cc1cc(N2CC(C)CNC(C)C2)ccc1Br. The molecule has 1 N–H and O–H groups in total. The molecule has 2 atom stereocenters. The van der Waals surface area contributed by atoms with Crippen molar-refractivity contribution in [3.63, 3.8) is 0 Å². The number of halogens is 1. The van der Waals surface area contributed by atoms with E-state index in [0.29, 0.717) is 12.0 Å². The smallest absolute Gasteiger partial charge is 0.0370 e. The molecule has 1 saturated heterocycles. The molecule has 94 valence electrons. The van der Waals surface area contributed by atoms with Gasteiger partial charge in [-0.05, 0) is 50.1 Å². The Kier molecular flexibility index (Phi) is 4.10. The highest BCUT2D eigenvalue weighted by atomic mass is 79.9. The number of hydrogen-bond donors (Lipinski definition) is 1. The summed E-state index contributed by atoms with van der Waals surface area (Å²) in [5.74, 6) is 0.698. The lowest BCUT2D eigenvalue weighted by Crippen LogP contribution is -2.35. The second-order valence-corrected chi connectivity index (χ2v) is 6.11. The zero-order valence-electron chi connectivity index (χ0n) is 10.8. The van der Waals surface area contributed by atoms with Crippen molar-refractivity contribution in [1.82, 2.24) is 5.32 Å². The molecule has 0 bridgehead atoms. The van der Waals surface area contributed by atoms with Gasteiger partial charge in [-0.1, -0.05) is 22.9 Å². The Bertz CT molecular complexity index is 380. The summed E-state index contributed by atoms with van der Waals surface area (Å²) in [7, 11) is 0. The van der Waals surface area contributed by atoms with Crippen molar-refractivity contribution in [2.45, 2.75) is 26.8 Å². The Morgan fingerprint density at radius 2 is 2.06 bits per heavy atom. The number of rotatable bonds is 1. The van der Waals surface area contributed by atoms with Crippen LogP contribution >= 0.6 is 15.9 Å². The van der Waals surface area contributed by atoms with Crippen molar-refractivity contribution in [3.8, 4) is 0 Å². The summed E-state index contributed by atoms with van der Waals surface area (Å²) < 4.78 is 1.19. The van der Waals surface area contributed by atoms with Crippen molar-refractivity contribution in [1.29, 1.82) is 0 Å². The minimum atomic E-state index is 0.559. The van der Waals surface area contributed by atoms with Crippen molar-refractivity contribution in [3.05, 3.63) is 28.2 Å². The first-order chi connectivity index (χ1) is 8.06. The van der Waals surface area contributed by atoms with E-state index >= 15 is 0 Å². The Labute approximate surface area is 113 Å². The Balaban J connectivity index is 2.21. The van der Waals surface area contributed by atoms with E-state index in [1.165, 1.54) is 15.7 Å². The van der Waals surface area contributed by atoms with Crippen LogP contribution < -0.4 is 10.2 Å². The van der Waals surface area contributed by atoms with E-state index in [9.17, 15) is 0 Å². The van der Waals surface area contributed by atoms with Crippen LogP contribution in [0.25, 0.3) is 0 Å². The fourth-order valence-corrected chi connectivity index (χ4v) is 2.60. The summed E-state index contributed by atoms with van der Waals surface area (Å²) >= 11 is 3.56. The van der Waals surface area contributed by atoms with Gasteiger partial charge in [0.25, 0.3) is 0 Å². The molecule has 2 rings (SSSR count). The molecule has 0 radical (unpaired) electrons. The van der Waals surface area contributed by atoms with Crippen LogP contribution in [-0.4, -0.2) is 25.7 Å². The number of anilines is 1. The van der Waals surface area contributed by atoms with Crippen molar-refractivity contribution >= 4 is 21.6 Å². The molecule has 3 heteroatoms. The molecule has 0 aromatic heterocycles. The van der Waals surface area contributed by atoms with Gasteiger partial charge < -0.3 is 10.2 Å². The lowest BCUT2D eigenvalue weighted by Gasteiger charge is -2.26. The third-order valence-electron chi connectivity index (χ3n) is 3.35. The Morgan fingerprint density at radius 3 is 2.76 bits per heavy atom. The van der Waals surface area contributed by atoms with Gasteiger partial charge in [0.15, 0.2) is 0 Å². The highest BCUT2D eigenvalue weighted by Gasteiger charge is 2.19. The normalized spacial score (nSPS) is 25.8. The van der Waals surface area contributed by atoms with E-state index < -0.39 is 0 Å². The van der Waals surface area contributed by atoms with Crippen molar-refractivity contribution in [2.24, 2.45) is 5.92 Å². The van der Waals surface area contributed by atoms with Gasteiger partial charge in [0, 0.05) is 29.3 Å². The van der Waals surface area contributed by atoms with Gasteiger partial charge in [-0.3, -0.25) is 0 Å². The molecule has 1 heterocycles.